The highest BCUT2D eigenvalue weighted by Crippen LogP contribution is 2.35. The number of benzene rings is 4. The van der Waals surface area contributed by atoms with Gasteiger partial charge in [0.2, 0.25) is 0 Å². The van der Waals surface area contributed by atoms with Crippen molar-refractivity contribution < 1.29 is 23.8 Å². The molecule has 226 valence electrons. The second-order valence-corrected chi connectivity index (χ2v) is 11.3. The third-order valence-corrected chi connectivity index (χ3v) is 7.67. The minimum absolute atomic E-state index is 0.197. The predicted octanol–water partition coefficient (Wildman–Crippen LogP) is 8.01. The van der Waals surface area contributed by atoms with Crippen molar-refractivity contribution in [2.24, 2.45) is 5.10 Å². The average Bonchev–Trinajstić information content (AvgIpc) is 3.44. The Labute approximate surface area is 276 Å². The number of para-hydroxylation sites is 1. The summed E-state index contributed by atoms with van der Waals surface area (Å²) in [5, 5.41) is 14.6. The lowest BCUT2D eigenvalue weighted by molar-refractivity contribution is 0.0732. The predicted molar refractivity (Wildman–Crippen MR) is 179 cm³/mol. The summed E-state index contributed by atoms with van der Waals surface area (Å²) in [6, 6.07) is 25.2. The lowest BCUT2D eigenvalue weighted by atomic mass is 10.0. The van der Waals surface area contributed by atoms with Gasteiger partial charge in [0, 0.05) is 21.0 Å². The minimum atomic E-state index is -0.625. The maximum atomic E-state index is 13.5. The Morgan fingerprint density at radius 3 is 2.44 bits per heavy atom. The second-order valence-electron chi connectivity index (χ2n) is 9.50. The fourth-order valence-corrected chi connectivity index (χ4v) is 6.05. The maximum Gasteiger partial charge on any atom is 0.343 e. The van der Waals surface area contributed by atoms with E-state index in [1.54, 1.807) is 42.5 Å². The molecule has 11 heteroatoms. The number of aromatic nitrogens is 1. The lowest BCUT2D eigenvalue weighted by Gasteiger charge is -2.13. The van der Waals surface area contributed by atoms with Crippen LogP contribution in [0.15, 0.2) is 92.9 Å². The molecule has 0 unspecified atom stereocenters. The lowest BCUT2D eigenvalue weighted by Crippen LogP contribution is -2.19. The Morgan fingerprint density at radius 2 is 1.71 bits per heavy atom. The van der Waals surface area contributed by atoms with Crippen LogP contribution in [0.5, 0.6) is 17.2 Å². The van der Waals surface area contributed by atoms with E-state index in [4.69, 9.17) is 14.2 Å². The molecule has 0 spiro atoms. The van der Waals surface area contributed by atoms with E-state index in [0.717, 1.165) is 10.9 Å². The van der Waals surface area contributed by atoms with E-state index < -0.39 is 11.9 Å². The molecule has 1 heterocycles. The van der Waals surface area contributed by atoms with Crippen LogP contribution in [0, 0.1) is 11.3 Å². The van der Waals surface area contributed by atoms with Crippen molar-refractivity contribution in [2.75, 3.05) is 13.2 Å². The van der Waals surface area contributed by atoms with Crippen LogP contribution < -0.4 is 19.6 Å². The van der Waals surface area contributed by atoms with Crippen LogP contribution in [0.2, 0.25) is 0 Å². The molecule has 5 aromatic rings. The van der Waals surface area contributed by atoms with E-state index in [-0.39, 0.29) is 17.0 Å². The van der Waals surface area contributed by atoms with Crippen molar-refractivity contribution in [1.29, 1.82) is 5.26 Å². The number of nitriles is 1. The highest BCUT2D eigenvalue weighted by Gasteiger charge is 2.21. The van der Waals surface area contributed by atoms with Crippen LogP contribution >= 0.6 is 31.9 Å². The maximum absolute atomic E-state index is 13.5. The van der Waals surface area contributed by atoms with Crippen LogP contribution in [0.1, 0.15) is 45.8 Å². The first-order valence-electron chi connectivity index (χ1n) is 13.9. The van der Waals surface area contributed by atoms with Crippen molar-refractivity contribution in [3.8, 4) is 34.4 Å². The molecule has 5 rings (SSSR count). The highest BCUT2D eigenvalue weighted by molar-refractivity contribution is 9.11. The van der Waals surface area contributed by atoms with Gasteiger partial charge in [0.25, 0.3) is 5.91 Å². The van der Waals surface area contributed by atoms with Crippen LogP contribution in [0.4, 0.5) is 0 Å². The first kappa shape index (κ1) is 31.5. The third-order valence-electron chi connectivity index (χ3n) is 6.62. The monoisotopic (exact) mass is 728 g/mol. The number of esters is 1. The van der Waals surface area contributed by atoms with Crippen LogP contribution in [-0.4, -0.2) is 36.3 Å². The van der Waals surface area contributed by atoms with E-state index in [0.29, 0.717) is 55.9 Å². The van der Waals surface area contributed by atoms with Crippen LogP contribution in [-0.2, 0) is 0 Å². The summed E-state index contributed by atoms with van der Waals surface area (Å²) in [4.78, 5) is 29.8. The quantitative estimate of drug-likeness (QED) is 0.0649. The third kappa shape index (κ3) is 6.93. The zero-order chi connectivity index (χ0) is 31.9. The number of nitrogens with one attached hydrogen (secondary N) is 2. The van der Waals surface area contributed by atoms with Gasteiger partial charge in [-0.1, -0.05) is 58.4 Å². The molecule has 0 aliphatic rings. The molecule has 0 aliphatic carbocycles. The van der Waals surface area contributed by atoms with Crippen LogP contribution in [0.3, 0.4) is 0 Å². The number of aromatic amines is 1. The molecular formula is C34H26Br2N4O5. The molecule has 0 saturated heterocycles. The van der Waals surface area contributed by atoms with E-state index in [1.807, 2.05) is 50.2 Å². The molecule has 0 saturated carbocycles. The number of ether oxygens (including phenoxy) is 3. The summed E-state index contributed by atoms with van der Waals surface area (Å²) in [6.07, 6.45) is 1.38. The standard InChI is InChI=1S/C34H26Br2N4O5/c1-3-43-27-14-13-21(16-28(27)44-4-2)34(42)45-32-23(15-24(35)17-26(32)36)19-38-40-33(41)31-29(20-9-6-5-7-10-20)25-12-8-11-22(18-37)30(25)39-31/h5-17,19,39H,3-4H2,1-2H3,(H,40,41). The fraction of sp³-hybridized carbons (Fsp3) is 0.118. The van der Waals surface area contributed by atoms with Crippen molar-refractivity contribution in [2.45, 2.75) is 13.8 Å². The molecule has 1 amide bonds. The van der Waals surface area contributed by atoms with Crippen molar-refractivity contribution in [3.63, 3.8) is 0 Å². The summed E-state index contributed by atoms with van der Waals surface area (Å²) < 4.78 is 18.2. The van der Waals surface area contributed by atoms with Crippen molar-refractivity contribution >= 4 is 60.9 Å². The molecule has 0 bridgehead atoms. The molecule has 0 atom stereocenters. The van der Waals surface area contributed by atoms with Gasteiger partial charge < -0.3 is 19.2 Å². The first-order chi connectivity index (χ1) is 21.8. The molecule has 2 N–H and O–H groups in total. The smallest absolute Gasteiger partial charge is 0.343 e. The summed E-state index contributed by atoms with van der Waals surface area (Å²) in [7, 11) is 0. The average molecular weight is 730 g/mol. The van der Waals surface area contributed by atoms with Gasteiger partial charge in [-0.05, 0) is 71.7 Å². The van der Waals surface area contributed by atoms with E-state index in [9.17, 15) is 14.9 Å². The number of rotatable bonds is 10. The Hall–Kier alpha value is -4.92. The molecule has 0 fully saturated rings. The topological polar surface area (TPSA) is 126 Å². The van der Waals surface area contributed by atoms with E-state index in [1.165, 1.54) is 6.21 Å². The van der Waals surface area contributed by atoms with E-state index >= 15 is 0 Å². The van der Waals surface area contributed by atoms with Gasteiger partial charge in [0.1, 0.15) is 11.8 Å². The zero-order valence-corrected chi connectivity index (χ0v) is 27.4. The van der Waals surface area contributed by atoms with Crippen molar-refractivity contribution in [3.05, 3.63) is 110 Å². The van der Waals surface area contributed by atoms with Gasteiger partial charge in [-0.2, -0.15) is 10.4 Å². The number of halogens is 2. The molecular weight excluding hydrogens is 704 g/mol. The largest absolute Gasteiger partial charge is 0.490 e. The number of H-pyrrole nitrogens is 1. The highest BCUT2D eigenvalue weighted by atomic mass is 79.9. The molecule has 45 heavy (non-hydrogen) atoms. The second kappa shape index (κ2) is 14.2. The number of nitrogens with zero attached hydrogens (tertiary/aromatic N) is 2. The number of hydrogen-bond acceptors (Lipinski definition) is 7. The van der Waals surface area contributed by atoms with Gasteiger partial charge in [-0.15, -0.1) is 0 Å². The minimum Gasteiger partial charge on any atom is -0.490 e. The van der Waals surface area contributed by atoms with E-state index in [2.05, 4.69) is 53.4 Å². The summed E-state index contributed by atoms with van der Waals surface area (Å²) in [5.41, 5.74) is 5.91. The van der Waals surface area contributed by atoms with Gasteiger partial charge >= 0.3 is 5.97 Å². The Kier molecular flexibility index (Phi) is 9.97. The number of carbonyl (C=O) groups is 2. The number of amides is 1. The molecule has 4 aromatic carbocycles. The summed E-state index contributed by atoms with van der Waals surface area (Å²) >= 11 is 6.92. The van der Waals surface area contributed by atoms with Gasteiger partial charge in [0.05, 0.1) is 40.5 Å². The molecule has 9 nitrogen and oxygen atoms in total. The number of carbonyl (C=O) groups excluding carboxylic acids is 2. The molecule has 1 aromatic heterocycles. The van der Waals surface area contributed by atoms with Crippen molar-refractivity contribution in [1.82, 2.24) is 10.4 Å². The zero-order valence-electron chi connectivity index (χ0n) is 24.2. The SMILES string of the molecule is CCOc1ccc(C(=O)Oc2c(Br)cc(Br)cc2C=NNC(=O)c2[nH]c3c(C#N)cccc3c2-c2ccccc2)cc1OCC. The normalized spacial score (nSPS) is 10.9. The number of fused-ring (bicyclic) bond motifs is 1. The Balaban J connectivity index is 1.43. The summed E-state index contributed by atoms with van der Waals surface area (Å²) in [5.74, 6) is 0.0120. The summed E-state index contributed by atoms with van der Waals surface area (Å²) in [6.45, 7) is 4.55. The van der Waals surface area contributed by atoms with Gasteiger partial charge in [-0.25, -0.2) is 10.2 Å². The molecule has 0 aliphatic heterocycles. The Bertz CT molecular complexity index is 1970. The number of hydrogen-bond donors (Lipinski definition) is 2. The number of hydrazone groups is 1. The van der Waals surface area contributed by atoms with Gasteiger partial charge in [0.15, 0.2) is 17.2 Å². The fourth-order valence-electron chi connectivity index (χ4n) is 4.72. The first-order valence-corrected chi connectivity index (χ1v) is 15.5. The van der Waals surface area contributed by atoms with Crippen LogP contribution in [0.25, 0.3) is 22.0 Å². The molecule has 0 radical (unpaired) electrons. The Morgan fingerprint density at radius 1 is 0.956 bits per heavy atom. The van der Waals surface area contributed by atoms with Gasteiger partial charge in [-0.3, -0.25) is 4.79 Å².